The van der Waals surface area contributed by atoms with Gasteiger partial charge < -0.3 is 0 Å². The van der Waals surface area contributed by atoms with Gasteiger partial charge >= 0.3 is 0 Å². The van der Waals surface area contributed by atoms with Gasteiger partial charge in [-0.2, -0.15) is 0 Å². The summed E-state index contributed by atoms with van der Waals surface area (Å²) in [6.45, 7) is 0. The molecule has 1 heterocycles. The number of nitrogens with zero attached hydrogens (tertiary/aromatic N) is 1. The highest BCUT2D eigenvalue weighted by Crippen LogP contribution is 2.35. The van der Waals surface area contributed by atoms with Crippen molar-refractivity contribution in [3.05, 3.63) is 50.0 Å². The van der Waals surface area contributed by atoms with Crippen molar-refractivity contribution in [2.45, 2.75) is 4.90 Å². The lowest BCUT2D eigenvalue weighted by atomic mass is 10.4. The smallest absolute Gasteiger partial charge is 0.259 e. The minimum Gasteiger partial charge on any atom is -0.259 e. The summed E-state index contributed by atoms with van der Waals surface area (Å²) in [5.74, 6) is -0.757. The third-order valence-electron chi connectivity index (χ3n) is 2.30. The molecular weight excluding hydrogens is 298 g/mol. The number of nitro groups is 1. The molecular formula is C10H8ClNO4S2. The van der Waals surface area contributed by atoms with Crippen LogP contribution in [0.4, 0.5) is 0 Å². The van der Waals surface area contributed by atoms with Crippen LogP contribution in [0, 0.1) is 10.1 Å². The maximum atomic E-state index is 11.4. The molecule has 1 aliphatic rings. The zero-order valence-corrected chi connectivity index (χ0v) is 11.4. The SMILES string of the molecule is O=[N+]([O-])C1=C(Sc2ccc(Cl)cc2)CS(=O)(=O)C1. The second kappa shape index (κ2) is 4.91. The molecule has 1 aromatic carbocycles. The van der Waals surface area contributed by atoms with Crippen molar-refractivity contribution in [3.63, 3.8) is 0 Å². The largest absolute Gasteiger partial charge is 0.272 e. The molecule has 0 saturated carbocycles. The van der Waals surface area contributed by atoms with Gasteiger partial charge in [-0.05, 0) is 24.3 Å². The molecule has 0 radical (unpaired) electrons. The Morgan fingerprint density at radius 2 is 1.83 bits per heavy atom. The summed E-state index contributed by atoms with van der Waals surface area (Å²) in [5.41, 5.74) is -0.227. The normalized spacial score (nSPS) is 18.1. The third-order valence-corrected chi connectivity index (χ3v) is 5.32. The van der Waals surface area contributed by atoms with Gasteiger partial charge in [0.05, 0.1) is 15.6 Å². The van der Waals surface area contributed by atoms with Crippen molar-refractivity contribution >= 4 is 33.2 Å². The van der Waals surface area contributed by atoms with E-state index in [4.69, 9.17) is 11.6 Å². The molecule has 0 spiro atoms. The number of thioether (sulfide) groups is 1. The number of rotatable bonds is 3. The lowest BCUT2D eigenvalue weighted by molar-refractivity contribution is -0.423. The van der Waals surface area contributed by atoms with Crippen molar-refractivity contribution in [3.8, 4) is 0 Å². The molecule has 0 aromatic heterocycles. The predicted molar refractivity (Wildman–Crippen MR) is 70.0 cm³/mol. The van der Waals surface area contributed by atoms with Gasteiger partial charge in [-0.3, -0.25) is 10.1 Å². The Kier molecular flexibility index (Phi) is 3.65. The van der Waals surface area contributed by atoms with Crippen LogP contribution in [0.15, 0.2) is 39.8 Å². The molecule has 0 amide bonds. The van der Waals surface area contributed by atoms with Crippen LogP contribution in [0.1, 0.15) is 0 Å². The summed E-state index contributed by atoms with van der Waals surface area (Å²) in [4.78, 5) is 11.2. The molecule has 0 fully saturated rings. The second-order valence-electron chi connectivity index (χ2n) is 3.72. The maximum absolute atomic E-state index is 11.4. The van der Waals surface area contributed by atoms with Crippen LogP contribution in [0.2, 0.25) is 5.02 Å². The Bertz CT molecular complexity index is 622. The molecule has 96 valence electrons. The van der Waals surface area contributed by atoms with Gasteiger partial charge in [-0.15, -0.1) is 0 Å². The first-order valence-corrected chi connectivity index (χ1v) is 7.89. The highest BCUT2D eigenvalue weighted by molar-refractivity contribution is 8.05. The topological polar surface area (TPSA) is 77.3 Å². The third kappa shape index (κ3) is 3.04. The van der Waals surface area contributed by atoms with E-state index in [0.717, 1.165) is 16.7 Å². The number of hydrogen-bond donors (Lipinski definition) is 0. The summed E-state index contributed by atoms with van der Waals surface area (Å²) in [5, 5.41) is 11.4. The van der Waals surface area contributed by atoms with Crippen molar-refractivity contribution in [2.24, 2.45) is 0 Å². The van der Waals surface area contributed by atoms with Crippen LogP contribution in [0.3, 0.4) is 0 Å². The maximum Gasteiger partial charge on any atom is 0.272 e. The molecule has 1 aliphatic heterocycles. The first kappa shape index (κ1) is 13.4. The van der Waals surface area contributed by atoms with Gasteiger partial charge in [0.15, 0.2) is 9.84 Å². The highest BCUT2D eigenvalue weighted by atomic mass is 35.5. The van der Waals surface area contributed by atoms with E-state index >= 15 is 0 Å². The fourth-order valence-electron chi connectivity index (χ4n) is 1.51. The molecule has 0 atom stereocenters. The lowest BCUT2D eigenvalue weighted by Gasteiger charge is -2.01. The lowest BCUT2D eigenvalue weighted by Crippen LogP contribution is -2.07. The van der Waals surface area contributed by atoms with E-state index < -0.39 is 20.5 Å². The number of hydrogen-bond acceptors (Lipinski definition) is 5. The van der Waals surface area contributed by atoms with Crippen LogP contribution < -0.4 is 0 Å². The van der Waals surface area contributed by atoms with Crippen molar-refractivity contribution in [1.29, 1.82) is 0 Å². The average Bonchev–Trinajstić information content (AvgIpc) is 2.57. The van der Waals surface area contributed by atoms with Gasteiger partial charge in [0, 0.05) is 9.92 Å². The molecule has 0 saturated heterocycles. The molecule has 8 heteroatoms. The zero-order valence-electron chi connectivity index (χ0n) is 9.00. The number of halogens is 1. The Morgan fingerprint density at radius 3 is 2.39 bits per heavy atom. The van der Waals surface area contributed by atoms with E-state index in [0.29, 0.717) is 5.02 Å². The van der Waals surface area contributed by atoms with E-state index in [-0.39, 0.29) is 16.4 Å². The van der Waals surface area contributed by atoms with E-state index in [1.807, 2.05) is 0 Å². The predicted octanol–water partition coefficient (Wildman–Crippen LogP) is 2.35. The Balaban J connectivity index is 2.28. The molecule has 0 aliphatic carbocycles. The van der Waals surface area contributed by atoms with E-state index in [9.17, 15) is 18.5 Å². The van der Waals surface area contributed by atoms with Crippen LogP contribution in [-0.2, 0) is 9.84 Å². The van der Waals surface area contributed by atoms with Gasteiger partial charge in [0.25, 0.3) is 5.70 Å². The molecule has 0 bridgehead atoms. The summed E-state index contributed by atoms with van der Waals surface area (Å²) in [6, 6.07) is 6.70. The molecule has 0 N–H and O–H groups in total. The van der Waals surface area contributed by atoms with Crippen LogP contribution in [0.5, 0.6) is 0 Å². The fourth-order valence-corrected chi connectivity index (χ4v) is 4.69. The molecule has 5 nitrogen and oxygen atoms in total. The van der Waals surface area contributed by atoms with Gasteiger partial charge in [0.1, 0.15) is 5.75 Å². The van der Waals surface area contributed by atoms with Crippen molar-refractivity contribution < 1.29 is 13.3 Å². The van der Waals surface area contributed by atoms with Crippen molar-refractivity contribution in [1.82, 2.24) is 0 Å². The van der Waals surface area contributed by atoms with E-state index in [2.05, 4.69) is 0 Å². The van der Waals surface area contributed by atoms with E-state index in [1.165, 1.54) is 0 Å². The quantitative estimate of drug-likeness (QED) is 0.633. The van der Waals surface area contributed by atoms with Crippen molar-refractivity contribution in [2.75, 3.05) is 11.5 Å². The second-order valence-corrected chi connectivity index (χ2v) is 7.38. The summed E-state index contributed by atoms with van der Waals surface area (Å²) >= 11 is 6.83. The number of benzene rings is 1. The van der Waals surface area contributed by atoms with Gasteiger partial charge in [-0.1, -0.05) is 23.4 Å². The standard InChI is InChI=1S/C10H8ClNO4S2/c11-7-1-3-8(4-2-7)17-10-6-18(15,16)5-9(10)12(13)14/h1-4H,5-6H2. The first-order valence-electron chi connectivity index (χ1n) is 4.88. The zero-order chi connectivity index (χ0) is 13.3. The average molecular weight is 306 g/mol. The van der Waals surface area contributed by atoms with E-state index in [1.54, 1.807) is 24.3 Å². The highest BCUT2D eigenvalue weighted by Gasteiger charge is 2.36. The summed E-state index contributed by atoms with van der Waals surface area (Å²) < 4.78 is 22.8. The Labute approximate surface area is 113 Å². The summed E-state index contributed by atoms with van der Waals surface area (Å²) in [6.07, 6.45) is 0. The summed E-state index contributed by atoms with van der Waals surface area (Å²) in [7, 11) is -3.38. The fraction of sp³-hybridized carbons (Fsp3) is 0.200. The molecule has 1 aromatic rings. The van der Waals surface area contributed by atoms with Crippen LogP contribution in [-0.4, -0.2) is 24.8 Å². The molecule has 2 rings (SSSR count). The monoisotopic (exact) mass is 305 g/mol. The van der Waals surface area contributed by atoms with Crippen LogP contribution in [0.25, 0.3) is 0 Å². The molecule has 18 heavy (non-hydrogen) atoms. The van der Waals surface area contributed by atoms with Gasteiger partial charge in [0.2, 0.25) is 0 Å². The van der Waals surface area contributed by atoms with Gasteiger partial charge in [-0.25, -0.2) is 8.42 Å². The Hall–Kier alpha value is -1.05. The first-order chi connectivity index (χ1) is 8.37. The minimum absolute atomic E-state index is 0.227. The molecule has 0 unspecified atom stereocenters. The Morgan fingerprint density at radius 1 is 1.22 bits per heavy atom. The minimum atomic E-state index is -3.38. The number of sulfone groups is 1. The van der Waals surface area contributed by atoms with Crippen LogP contribution >= 0.6 is 23.4 Å².